The quantitative estimate of drug-likeness (QED) is 0.850. The fourth-order valence-electron chi connectivity index (χ4n) is 1.72. The monoisotopic (exact) mass is 389 g/mol. The van der Waals surface area contributed by atoms with Crippen LogP contribution < -0.4 is 9.46 Å². The normalized spacial score (nSPS) is 11.2. The number of hydrogen-bond acceptors (Lipinski definition) is 3. The maximum atomic E-state index is 12.4. The molecule has 0 aromatic heterocycles. The fourth-order valence-corrected chi connectivity index (χ4v) is 3.73. The van der Waals surface area contributed by atoms with Crippen molar-refractivity contribution in [2.45, 2.75) is 11.8 Å². The van der Waals surface area contributed by atoms with Crippen LogP contribution in [0.3, 0.4) is 0 Å². The number of nitrogens with one attached hydrogen (secondary N) is 1. The minimum Gasteiger partial charge on any atom is -0.496 e. The zero-order chi connectivity index (χ0) is 15.6. The second-order valence-corrected chi connectivity index (χ2v) is 7.33. The molecule has 0 saturated carbocycles. The van der Waals surface area contributed by atoms with E-state index in [0.29, 0.717) is 20.9 Å². The summed E-state index contributed by atoms with van der Waals surface area (Å²) < 4.78 is 33.0. The van der Waals surface area contributed by atoms with E-state index in [2.05, 4.69) is 20.7 Å². The van der Waals surface area contributed by atoms with Crippen LogP contribution in [0, 0.1) is 6.92 Å². The third kappa shape index (κ3) is 3.70. The average molecular weight is 391 g/mol. The lowest BCUT2D eigenvalue weighted by Crippen LogP contribution is -2.13. The molecule has 21 heavy (non-hydrogen) atoms. The van der Waals surface area contributed by atoms with Gasteiger partial charge in [0.15, 0.2) is 0 Å². The number of anilines is 1. The number of methoxy groups -OCH3 is 1. The molecule has 0 aliphatic rings. The van der Waals surface area contributed by atoms with Gasteiger partial charge in [0.25, 0.3) is 10.0 Å². The molecular weight excluding hydrogens is 378 g/mol. The molecule has 4 nitrogen and oxygen atoms in total. The van der Waals surface area contributed by atoms with Crippen molar-refractivity contribution in [1.82, 2.24) is 0 Å². The van der Waals surface area contributed by atoms with Gasteiger partial charge in [-0.15, -0.1) is 0 Å². The summed E-state index contributed by atoms with van der Waals surface area (Å²) in [5.41, 5.74) is 1.24. The van der Waals surface area contributed by atoms with Gasteiger partial charge in [-0.25, -0.2) is 8.42 Å². The van der Waals surface area contributed by atoms with Crippen LogP contribution in [-0.2, 0) is 10.0 Å². The lowest BCUT2D eigenvalue weighted by Gasteiger charge is -2.12. The minimum atomic E-state index is -3.69. The first-order valence-electron chi connectivity index (χ1n) is 5.96. The van der Waals surface area contributed by atoms with Crippen molar-refractivity contribution < 1.29 is 13.2 Å². The van der Waals surface area contributed by atoms with Crippen molar-refractivity contribution in [3.63, 3.8) is 0 Å². The van der Waals surface area contributed by atoms with Crippen molar-refractivity contribution in [3.05, 3.63) is 51.5 Å². The summed E-state index contributed by atoms with van der Waals surface area (Å²) in [6.45, 7) is 1.80. The Kier molecular flexibility index (Phi) is 4.81. The molecule has 0 radical (unpaired) electrons. The number of benzene rings is 2. The standard InChI is InChI=1S/C14H13BrClNO3S/c1-9-3-4-10(16)7-13(9)17-21(18,19)11-5-6-14(20-2)12(15)8-11/h3-8,17H,1-2H3. The van der Waals surface area contributed by atoms with E-state index in [9.17, 15) is 8.42 Å². The second kappa shape index (κ2) is 6.25. The Balaban J connectivity index is 2.38. The lowest BCUT2D eigenvalue weighted by molar-refractivity contribution is 0.411. The minimum absolute atomic E-state index is 0.134. The third-order valence-corrected chi connectivity index (χ3v) is 5.10. The zero-order valence-corrected chi connectivity index (χ0v) is 14.5. The van der Waals surface area contributed by atoms with Gasteiger partial charge in [-0.2, -0.15) is 0 Å². The van der Waals surface area contributed by atoms with Crippen LogP contribution in [-0.4, -0.2) is 15.5 Å². The van der Waals surface area contributed by atoms with Crippen LogP contribution in [0.5, 0.6) is 5.75 Å². The van der Waals surface area contributed by atoms with Gasteiger partial charge in [0.2, 0.25) is 0 Å². The lowest BCUT2D eigenvalue weighted by atomic mass is 10.2. The van der Waals surface area contributed by atoms with Gasteiger partial charge in [0, 0.05) is 5.02 Å². The van der Waals surface area contributed by atoms with Crippen LogP contribution in [0.4, 0.5) is 5.69 Å². The molecule has 0 bridgehead atoms. The molecule has 2 rings (SSSR count). The molecule has 1 N–H and O–H groups in total. The molecule has 0 aliphatic carbocycles. The van der Waals surface area contributed by atoms with Crippen molar-refractivity contribution in [1.29, 1.82) is 0 Å². The highest BCUT2D eigenvalue weighted by Crippen LogP contribution is 2.29. The fraction of sp³-hybridized carbons (Fsp3) is 0.143. The summed E-state index contributed by atoms with van der Waals surface area (Å²) in [7, 11) is -2.18. The van der Waals surface area contributed by atoms with E-state index in [-0.39, 0.29) is 4.90 Å². The van der Waals surface area contributed by atoms with Crippen LogP contribution in [0.25, 0.3) is 0 Å². The van der Waals surface area contributed by atoms with E-state index < -0.39 is 10.0 Å². The summed E-state index contributed by atoms with van der Waals surface area (Å²) in [5.74, 6) is 0.563. The SMILES string of the molecule is COc1ccc(S(=O)(=O)Nc2cc(Cl)ccc2C)cc1Br. The van der Waals surface area contributed by atoms with Crippen LogP contribution in [0.2, 0.25) is 5.02 Å². The second-order valence-electron chi connectivity index (χ2n) is 4.36. The molecule has 0 heterocycles. The zero-order valence-electron chi connectivity index (χ0n) is 11.4. The molecule has 7 heteroatoms. The summed E-state index contributed by atoms with van der Waals surface area (Å²) >= 11 is 9.17. The van der Waals surface area contributed by atoms with E-state index in [1.54, 1.807) is 31.2 Å². The predicted octanol–water partition coefficient (Wildman–Crippen LogP) is 4.22. The highest BCUT2D eigenvalue weighted by molar-refractivity contribution is 9.10. The van der Waals surface area contributed by atoms with Crippen LogP contribution >= 0.6 is 27.5 Å². The summed E-state index contributed by atoms with van der Waals surface area (Å²) in [5, 5.41) is 0.467. The van der Waals surface area contributed by atoms with Crippen molar-refractivity contribution >= 4 is 43.2 Å². The topological polar surface area (TPSA) is 55.4 Å². The number of ether oxygens (including phenoxy) is 1. The van der Waals surface area contributed by atoms with Gasteiger partial charge in [-0.1, -0.05) is 17.7 Å². The number of rotatable bonds is 4. The van der Waals surface area contributed by atoms with Crippen LogP contribution in [0.15, 0.2) is 45.8 Å². The van der Waals surface area contributed by atoms with Gasteiger partial charge in [-0.05, 0) is 58.7 Å². The first-order chi connectivity index (χ1) is 9.83. The average Bonchev–Trinajstić information content (AvgIpc) is 2.42. The largest absolute Gasteiger partial charge is 0.496 e. The molecule has 0 saturated heterocycles. The van der Waals surface area contributed by atoms with Crippen molar-refractivity contribution in [2.75, 3.05) is 11.8 Å². The number of halogens is 2. The van der Waals surface area contributed by atoms with Crippen LogP contribution in [0.1, 0.15) is 5.56 Å². The summed E-state index contributed by atoms with van der Waals surface area (Å²) in [6, 6.07) is 9.59. The van der Waals surface area contributed by atoms with Gasteiger partial charge < -0.3 is 4.74 Å². The van der Waals surface area contributed by atoms with E-state index in [0.717, 1.165) is 5.56 Å². The van der Waals surface area contributed by atoms with Gasteiger partial charge in [-0.3, -0.25) is 4.72 Å². The highest BCUT2D eigenvalue weighted by atomic mass is 79.9. The molecule has 0 aliphatic heterocycles. The Bertz CT molecular complexity index is 778. The Labute approximate surface area is 137 Å². The van der Waals surface area contributed by atoms with E-state index >= 15 is 0 Å². The first kappa shape index (κ1) is 16.1. The predicted molar refractivity (Wildman–Crippen MR) is 87.7 cm³/mol. The molecule has 2 aromatic carbocycles. The molecule has 0 atom stereocenters. The molecule has 0 amide bonds. The number of aryl methyl sites for hydroxylation is 1. The van der Waals surface area contributed by atoms with E-state index in [1.807, 2.05) is 0 Å². The number of hydrogen-bond donors (Lipinski definition) is 1. The molecular formula is C14H13BrClNO3S. The van der Waals surface area contributed by atoms with E-state index in [1.165, 1.54) is 19.2 Å². The molecule has 0 spiro atoms. The van der Waals surface area contributed by atoms with E-state index in [4.69, 9.17) is 16.3 Å². The Hall–Kier alpha value is -1.24. The van der Waals surface area contributed by atoms with Crippen molar-refractivity contribution in [2.24, 2.45) is 0 Å². The van der Waals surface area contributed by atoms with Gasteiger partial charge in [0.05, 0.1) is 22.2 Å². The highest BCUT2D eigenvalue weighted by Gasteiger charge is 2.17. The first-order valence-corrected chi connectivity index (χ1v) is 8.61. The third-order valence-electron chi connectivity index (χ3n) is 2.88. The molecule has 0 unspecified atom stereocenters. The summed E-state index contributed by atoms with van der Waals surface area (Å²) in [4.78, 5) is 0.134. The molecule has 112 valence electrons. The number of sulfonamides is 1. The summed E-state index contributed by atoms with van der Waals surface area (Å²) in [6.07, 6.45) is 0. The Morgan fingerprint density at radius 2 is 1.90 bits per heavy atom. The van der Waals surface area contributed by atoms with Gasteiger partial charge >= 0.3 is 0 Å². The maximum Gasteiger partial charge on any atom is 0.261 e. The smallest absolute Gasteiger partial charge is 0.261 e. The Morgan fingerprint density at radius 1 is 1.19 bits per heavy atom. The maximum absolute atomic E-state index is 12.4. The molecule has 2 aromatic rings. The van der Waals surface area contributed by atoms with Gasteiger partial charge in [0.1, 0.15) is 5.75 Å². The molecule has 0 fully saturated rings. The van der Waals surface area contributed by atoms with Crippen molar-refractivity contribution in [3.8, 4) is 5.75 Å². The Morgan fingerprint density at radius 3 is 2.52 bits per heavy atom.